The summed E-state index contributed by atoms with van der Waals surface area (Å²) in [4.78, 5) is 11.3. The molecular formula is C13H20ClN3. The van der Waals surface area contributed by atoms with Gasteiger partial charge in [-0.15, -0.1) is 0 Å². The molecule has 94 valence electrons. The summed E-state index contributed by atoms with van der Waals surface area (Å²) in [5.41, 5.74) is 0. The van der Waals surface area contributed by atoms with Crippen LogP contribution in [0, 0.1) is 0 Å². The van der Waals surface area contributed by atoms with Crippen LogP contribution in [-0.4, -0.2) is 22.6 Å². The van der Waals surface area contributed by atoms with E-state index in [1.165, 1.54) is 12.8 Å². The van der Waals surface area contributed by atoms with Gasteiger partial charge < -0.3 is 4.90 Å². The summed E-state index contributed by atoms with van der Waals surface area (Å²) in [7, 11) is 0. The third kappa shape index (κ3) is 3.32. The predicted octanol–water partition coefficient (Wildman–Crippen LogP) is 3.46. The molecular weight excluding hydrogens is 234 g/mol. The summed E-state index contributed by atoms with van der Waals surface area (Å²) in [5, 5.41) is 0.570. The Bertz CT molecular complexity index is 377. The Morgan fingerprint density at radius 1 is 1.29 bits per heavy atom. The number of nitrogens with zero attached hydrogens (tertiary/aromatic N) is 3. The van der Waals surface area contributed by atoms with Crippen molar-refractivity contribution in [1.29, 1.82) is 0 Å². The lowest BCUT2D eigenvalue weighted by Gasteiger charge is -2.23. The number of aromatic nitrogens is 2. The molecule has 1 aliphatic carbocycles. The number of hydrogen-bond donors (Lipinski definition) is 0. The lowest BCUT2D eigenvalue weighted by atomic mass is 10.3. The lowest BCUT2D eigenvalue weighted by molar-refractivity contribution is 0.736. The zero-order chi connectivity index (χ0) is 12.3. The van der Waals surface area contributed by atoms with Crippen LogP contribution in [0.15, 0.2) is 6.07 Å². The molecule has 17 heavy (non-hydrogen) atoms. The number of rotatable bonds is 6. The molecule has 0 saturated heterocycles. The van der Waals surface area contributed by atoms with Crippen molar-refractivity contribution in [2.45, 2.75) is 52.0 Å². The Morgan fingerprint density at radius 2 is 2.06 bits per heavy atom. The van der Waals surface area contributed by atoms with Gasteiger partial charge in [-0.3, -0.25) is 0 Å². The van der Waals surface area contributed by atoms with Crippen LogP contribution in [0.2, 0.25) is 5.15 Å². The summed E-state index contributed by atoms with van der Waals surface area (Å²) in [6, 6.07) is 2.57. The maximum atomic E-state index is 6.08. The van der Waals surface area contributed by atoms with Crippen molar-refractivity contribution in [3.05, 3.63) is 17.0 Å². The molecule has 1 heterocycles. The molecule has 0 bridgehead atoms. The van der Waals surface area contributed by atoms with E-state index < -0.39 is 0 Å². The van der Waals surface area contributed by atoms with Crippen molar-refractivity contribution in [2.75, 3.05) is 11.4 Å². The van der Waals surface area contributed by atoms with Gasteiger partial charge in [0.05, 0.1) is 0 Å². The van der Waals surface area contributed by atoms with Gasteiger partial charge in [-0.1, -0.05) is 25.4 Å². The van der Waals surface area contributed by atoms with Crippen LogP contribution in [0.3, 0.4) is 0 Å². The quantitative estimate of drug-likeness (QED) is 0.727. The topological polar surface area (TPSA) is 29.0 Å². The van der Waals surface area contributed by atoms with Gasteiger partial charge in [0.15, 0.2) is 0 Å². The lowest BCUT2D eigenvalue weighted by Crippen LogP contribution is -2.27. The van der Waals surface area contributed by atoms with E-state index in [0.717, 1.165) is 37.4 Å². The molecule has 0 spiro atoms. The minimum atomic E-state index is 0.570. The second kappa shape index (κ2) is 5.67. The standard InChI is InChI=1S/C13H20ClN3/c1-3-5-12-15-11(14)9-13(16-12)17(8-4-2)10-6-7-10/h9-10H,3-8H2,1-2H3. The van der Waals surface area contributed by atoms with Gasteiger partial charge in [-0.2, -0.15) is 0 Å². The van der Waals surface area contributed by atoms with Gasteiger partial charge in [0.25, 0.3) is 0 Å². The fraction of sp³-hybridized carbons (Fsp3) is 0.692. The highest BCUT2D eigenvalue weighted by Crippen LogP contribution is 2.31. The SMILES string of the molecule is CCCc1nc(Cl)cc(N(CCC)C2CC2)n1. The van der Waals surface area contributed by atoms with E-state index in [9.17, 15) is 0 Å². The highest BCUT2D eigenvalue weighted by Gasteiger charge is 2.29. The van der Waals surface area contributed by atoms with Crippen molar-refractivity contribution >= 4 is 17.4 Å². The van der Waals surface area contributed by atoms with E-state index in [1.807, 2.05) is 6.07 Å². The van der Waals surface area contributed by atoms with Crippen molar-refractivity contribution in [3.63, 3.8) is 0 Å². The van der Waals surface area contributed by atoms with E-state index in [0.29, 0.717) is 11.2 Å². The summed E-state index contributed by atoms with van der Waals surface area (Å²) in [5.74, 6) is 1.88. The Balaban J connectivity index is 2.22. The Labute approximate surface area is 108 Å². The Morgan fingerprint density at radius 3 is 2.65 bits per heavy atom. The largest absolute Gasteiger partial charge is 0.353 e. The van der Waals surface area contributed by atoms with Crippen LogP contribution in [0.1, 0.15) is 45.4 Å². The van der Waals surface area contributed by atoms with Gasteiger partial charge in [-0.25, -0.2) is 9.97 Å². The molecule has 0 aliphatic heterocycles. The van der Waals surface area contributed by atoms with E-state index in [1.54, 1.807) is 0 Å². The average molecular weight is 254 g/mol. The Kier molecular flexibility index (Phi) is 4.21. The first-order valence-electron chi connectivity index (χ1n) is 6.54. The van der Waals surface area contributed by atoms with Crippen LogP contribution in [0.4, 0.5) is 5.82 Å². The molecule has 2 rings (SSSR count). The number of hydrogen-bond acceptors (Lipinski definition) is 3. The van der Waals surface area contributed by atoms with Crippen LogP contribution in [0.5, 0.6) is 0 Å². The molecule has 4 heteroatoms. The normalized spacial score (nSPS) is 15.0. The molecule has 0 N–H and O–H groups in total. The Hall–Kier alpha value is -0.830. The fourth-order valence-electron chi connectivity index (χ4n) is 2.05. The van der Waals surface area contributed by atoms with Crippen LogP contribution < -0.4 is 4.90 Å². The van der Waals surface area contributed by atoms with Gasteiger partial charge in [0, 0.05) is 25.1 Å². The minimum Gasteiger partial charge on any atom is -0.353 e. The molecule has 0 unspecified atom stereocenters. The van der Waals surface area contributed by atoms with Crippen LogP contribution in [-0.2, 0) is 6.42 Å². The second-order valence-electron chi connectivity index (χ2n) is 4.64. The molecule has 1 saturated carbocycles. The fourth-order valence-corrected chi connectivity index (χ4v) is 2.24. The third-order valence-corrected chi connectivity index (χ3v) is 3.14. The summed E-state index contributed by atoms with van der Waals surface area (Å²) >= 11 is 6.08. The molecule has 0 atom stereocenters. The van der Waals surface area contributed by atoms with E-state index in [-0.39, 0.29) is 0 Å². The van der Waals surface area contributed by atoms with Crippen LogP contribution >= 0.6 is 11.6 Å². The van der Waals surface area contributed by atoms with Crippen molar-refractivity contribution in [2.24, 2.45) is 0 Å². The molecule has 0 aromatic carbocycles. The van der Waals surface area contributed by atoms with Gasteiger partial charge in [0.2, 0.25) is 0 Å². The first kappa shape index (κ1) is 12.6. The van der Waals surface area contributed by atoms with Crippen molar-refractivity contribution in [1.82, 2.24) is 9.97 Å². The first-order chi connectivity index (χ1) is 8.24. The summed E-state index contributed by atoms with van der Waals surface area (Å²) < 4.78 is 0. The molecule has 0 radical (unpaired) electrons. The highest BCUT2D eigenvalue weighted by molar-refractivity contribution is 6.29. The molecule has 1 aromatic heterocycles. The maximum absolute atomic E-state index is 6.08. The molecule has 1 fully saturated rings. The number of aryl methyl sites for hydroxylation is 1. The molecule has 0 amide bonds. The monoisotopic (exact) mass is 253 g/mol. The van der Waals surface area contributed by atoms with Gasteiger partial charge in [-0.05, 0) is 25.7 Å². The van der Waals surface area contributed by atoms with Crippen molar-refractivity contribution < 1.29 is 0 Å². The second-order valence-corrected chi connectivity index (χ2v) is 5.03. The van der Waals surface area contributed by atoms with Crippen LogP contribution in [0.25, 0.3) is 0 Å². The van der Waals surface area contributed by atoms with E-state index in [2.05, 4.69) is 28.7 Å². The van der Waals surface area contributed by atoms with Gasteiger partial charge in [0.1, 0.15) is 16.8 Å². The van der Waals surface area contributed by atoms with E-state index >= 15 is 0 Å². The zero-order valence-electron chi connectivity index (χ0n) is 10.6. The minimum absolute atomic E-state index is 0.570. The smallest absolute Gasteiger partial charge is 0.134 e. The van der Waals surface area contributed by atoms with E-state index in [4.69, 9.17) is 11.6 Å². The summed E-state index contributed by atoms with van der Waals surface area (Å²) in [6.45, 7) is 5.39. The average Bonchev–Trinajstić information content (AvgIpc) is 3.09. The predicted molar refractivity (Wildman–Crippen MR) is 71.7 cm³/mol. The third-order valence-electron chi connectivity index (χ3n) is 2.95. The molecule has 1 aromatic rings. The highest BCUT2D eigenvalue weighted by atomic mass is 35.5. The van der Waals surface area contributed by atoms with Crippen molar-refractivity contribution in [3.8, 4) is 0 Å². The zero-order valence-corrected chi connectivity index (χ0v) is 11.4. The maximum Gasteiger partial charge on any atom is 0.134 e. The number of anilines is 1. The number of halogens is 1. The first-order valence-corrected chi connectivity index (χ1v) is 6.92. The molecule has 3 nitrogen and oxygen atoms in total. The van der Waals surface area contributed by atoms with Gasteiger partial charge >= 0.3 is 0 Å². The summed E-state index contributed by atoms with van der Waals surface area (Å²) in [6.07, 6.45) is 5.66. The molecule has 1 aliphatic rings.